The summed E-state index contributed by atoms with van der Waals surface area (Å²) in [5.41, 5.74) is 0.886. The van der Waals surface area contributed by atoms with Gasteiger partial charge in [-0.25, -0.2) is 0 Å². The average molecular weight is 161 g/mol. The first kappa shape index (κ1) is 6.46. The molecule has 3 rings (SSSR count). The monoisotopic (exact) mass is 161 g/mol. The van der Waals surface area contributed by atoms with Crippen LogP contribution in [0, 0.1) is 23.7 Å². The summed E-state index contributed by atoms with van der Waals surface area (Å²) < 4.78 is 0. The van der Waals surface area contributed by atoms with E-state index in [-0.39, 0.29) is 0 Å². The van der Waals surface area contributed by atoms with Crippen LogP contribution in [0.5, 0.6) is 0 Å². The zero-order chi connectivity index (χ0) is 8.13. The van der Waals surface area contributed by atoms with E-state index in [9.17, 15) is 0 Å². The first-order valence-electron chi connectivity index (χ1n) is 4.48. The number of hydrogen-bond acceptors (Lipinski definition) is 2. The molecule has 0 saturated heterocycles. The molecule has 0 spiro atoms. The molecule has 1 N–H and O–H groups in total. The van der Waals surface area contributed by atoms with Crippen LogP contribution in [0.15, 0.2) is 29.5 Å². The Morgan fingerprint density at radius 1 is 1.25 bits per heavy atom. The second-order valence-electron chi connectivity index (χ2n) is 3.94. The quantitative estimate of drug-likeness (QED) is 0.328. The minimum absolute atomic E-state index is 0.491. The van der Waals surface area contributed by atoms with Crippen molar-refractivity contribution in [2.45, 2.75) is 6.42 Å². The van der Waals surface area contributed by atoms with E-state index >= 15 is 0 Å². The topological polar surface area (TPSA) is 32.6 Å². The summed E-state index contributed by atoms with van der Waals surface area (Å²) in [6.07, 6.45) is 10.0. The zero-order valence-electron chi connectivity index (χ0n) is 6.72. The molecule has 3 aliphatic rings. The molecule has 0 heterocycles. The molecule has 3 aliphatic carbocycles. The lowest BCUT2D eigenvalue weighted by Gasteiger charge is -2.19. The molecule has 2 nitrogen and oxygen atoms in total. The van der Waals surface area contributed by atoms with Crippen LogP contribution >= 0.6 is 0 Å². The van der Waals surface area contributed by atoms with E-state index < -0.39 is 0 Å². The fourth-order valence-corrected chi connectivity index (χ4v) is 2.96. The van der Waals surface area contributed by atoms with Crippen LogP contribution in [0.1, 0.15) is 6.42 Å². The molecule has 4 unspecified atom stereocenters. The van der Waals surface area contributed by atoms with E-state index in [1.54, 1.807) is 0 Å². The van der Waals surface area contributed by atoms with E-state index in [0.29, 0.717) is 17.8 Å². The summed E-state index contributed by atoms with van der Waals surface area (Å²) in [4.78, 5) is 0. The van der Waals surface area contributed by atoms with Gasteiger partial charge in [-0.05, 0) is 30.3 Å². The molecule has 1 fully saturated rings. The second kappa shape index (κ2) is 2.00. The molecule has 0 aliphatic heterocycles. The van der Waals surface area contributed by atoms with Crippen molar-refractivity contribution in [3.8, 4) is 0 Å². The maximum atomic E-state index is 8.75. The Morgan fingerprint density at radius 2 is 2.08 bits per heavy atom. The third-order valence-electron chi connectivity index (χ3n) is 3.47. The number of oxime groups is 1. The Balaban J connectivity index is 2.04. The van der Waals surface area contributed by atoms with Gasteiger partial charge in [0.25, 0.3) is 0 Å². The van der Waals surface area contributed by atoms with Crippen molar-refractivity contribution < 1.29 is 5.21 Å². The van der Waals surface area contributed by atoms with Crippen molar-refractivity contribution in [3.63, 3.8) is 0 Å². The van der Waals surface area contributed by atoms with E-state index in [2.05, 4.69) is 23.4 Å². The summed E-state index contributed by atoms with van der Waals surface area (Å²) in [6, 6.07) is 0. The van der Waals surface area contributed by atoms with Gasteiger partial charge in [-0.3, -0.25) is 0 Å². The summed E-state index contributed by atoms with van der Waals surface area (Å²) >= 11 is 0. The summed E-state index contributed by atoms with van der Waals surface area (Å²) in [5, 5.41) is 12.1. The molecule has 0 aromatic rings. The SMILES string of the molecule is O/N=C1\C=CC2C3C=CC(C3)C12. The van der Waals surface area contributed by atoms with Gasteiger partial charge < -0.3 is 5.21 Å². The molecule has 2 heteroatoms. The van der Waals surface area contributed by atoms with Gasteiger partial charge in [0.2, 0.25) is 0 Å². The maximum Gasteiger partial charge on any atom is 0.0835 e. The lowest BCUT2D eigenvalue weighted by atomic mass is 9.85. The van der Waals surface area contributed by atoms with Crippen LogP contribution in [0.4, 0.5) is 0 Å². The summed E-state index contributed by atoms with van der Waals surface area (Å²) in [5.74, 6) is 2.48. The van der Waals surface area contributed by atoms with E-state index in [0.717, 1.165) is 11.6 Å². The highest BCUT2D eigenvalue weighted by Gasteiger charge is 2.47. The predicted molar refractivity (Wildman–Crippen MR) is 46.1 cm³/mol. The molecule has 2 bridgehead atoms. The number of allylic oxidation sites excluding steroid dienone is 4. The van der Waals surface area contributed by atoms with Crippen LogP contribution in [0.3, 0.4) is 0 Å². The second-order valence-corrected chi connectivity index (χ2v) is 3.94. The third-order valence-corrected chi connectivity index (χ3v) is 3.47. The molecular formula is C10H11NO. The van der Waals surface area contributed by atoms with Crippen molar-refractivity contribution in [1.82, 2.24) is 0 Å². The molecule has 1 saturated carbocycles. The lowest BCUT2D eigenvalue weighted by Crippen LogP contribution is -2.20. The summed E-state index contributed by atoms with van der Waals surface area (Å²) in [6.45, 7) is 0. The van der Waals surface area contributed by atoms with Crippen LogP contribution in [-0.4, -0.2) is 10.9 Å². The molecule has 0 radical (unpaired) electrons. The average Bonchev–Trinajstić information content (AvgIpc) is 2.76. The molecule has 0 amide bonds. The summed E-state index contributed by atoms with van der Waals surface area (Å²) in [7, 11) is 0. The largest absolute Gasteiger partial charge is 0.411 e. The van der Waals surface area contributed by atoms with Crippen molar-refractivity contribution in [2.24, 2.45) is 28.8 Å². The standard InChI is InChI=1S/C10H11NO/c12-11-9-4-3-8-6-1-2-7(5-6)10(8)9/h1-4,6-8,10,12H,5H2/b11-9+. The van der Waals surface area contributed by atoms with Crippen LogP contribution in [0.2, 0.25) is 0 Å². The van der Waals surface area contributed by atoms with Gasteiger partial charge in [0, 0.05) is 5.92 Å². The van der Waals surface area contributed by atoms with Gasteiger partial charge in [-0.1, -0.05) is 23.4 Å². The molecule has 4 atom stereocenters. The highest BCUT2D eigenvalue weighted by molar-refractivity contribution is 6.00. The van der Waals surface area contributed by atoms with Gasteiger partial charge in [-0.2, -0.15) is 0 Å². The highest BCUT2D eigenvalue weighted by Crippen LogP contribution is 2.51. The normalized spacial score (nSPS) is 50.8. The Labute approximate surface area is 71.3 Å². The van der Waals surface area contributed by atoms with E-state index in [4.69, 9.17) is 5.21 Å². The Hall–Kier alpha value is -1.05. The molecule has 12 heavy (non-hydrogen) atoms. The van der Waals surface area contributed by atoms with Crippen molar-refractivity contribution in [3.05, 3.63) is 24.3 Å². The molecule has 0 aromatic heterocycles. The van der Waals surface area contributed by atoms with Crippen LogP contribution < -0.4 is 0 Å². The smallest absolute Gasteiger partial charge is 0.0835 e. The molecule has 62 valence electrons. The fraction of sp³-hybridized carbons (Fsp3) is 0.500. The van der Waals surface area contributed by atoms with Gasteiger partial charge in [0.15, 0.2) is 0 Å². The van der Waals surface area contributed by atoms with Gasteiger partial charge >= 0.3 is 0 Å². The minimum atomic E-state index is 0.491. The predicted octanol–water partition coefficient (Wildman–Crippen LogP) is 1.82. The lowest BCUT2D eigenvalue weighted by molar-refractivity contribution is 0.312. The van der Waals surface area contributed by atoms with Crippen LogP contribution in [0.25, 0.3) is 0 Å². The number of fused-ring (bicyclic) bond motifs is 5. The van der Waals surface area contributed by atoms with Gasteiger partial charge in [-0.15, -0.1) is 0 Å². The number of hydrogen-bond donors (Lipinski definition) is 1. The fourth-order valence-electron chi connectivity index (χ4n) is 2.96. The van der Waals surface area contributed by atoms with Crippen LogP contribution in [-0.2, 0) is 0 Å². The van der Waals surface area contributed by atoms with Gasteiger partial charge in [0.05, 0.1) is 5.71 Å². The van der Waals surface area contributed by atoms with E-state index in [1.165, 1.54) is 6.42 Å². The number of nitrogens with zero attached hydrogens (tertiary/aromatic N) is 1. The van der Waals surface area contributed by atoms with Crippen molar-refractivity contribution >= 4 is 5.71 Å². The first-order valence-corrected chi connectivity index (χ1v) is 4.48. The Bertz CT molecular complexity index is 303. The van der Waals surface area contributed by atoms with Crippen molar-refractivity contribution in [1.29, 1.82) is 0 Å². The molecular weight excluding hydrogens is 150 g/mol. The third kappa shape index (κ3) is 0.591. The Morgan fingerprint density at radius 3 is 2.92 bits per heavy atom. The Kier molecular flexibility index (Phi) is 1.08. The number of rotatable bonds is 0. The highest BCUT2D eigenvalue weighted by atomic mass is 16.4. The maximum absolute atomic E-state index is 8.75. The first-order chi connectivity index (χ1) is 5.90. The van der Waals surface area contributed by atoms with E-state index in [1.807, 2.05) is 6.08 Å². The van der Waals surface area contributed by atoms with Crippen molar-refractivity contribution in [2.75, 3.05) is 0 Å². The molecule has 0 aromatic carbocycles. The van der Waals surface area contributed by atoms with Gasteiger partial charge in [0.1, 0.15) is 0 Å². The minimum Gasteiger partial charge on any atom is -0.411 e. The zero-order valence-corrected chi connectivity index (χ0v) is 6.72.